The van der Waals surface area contributed by atoms with Gasteiger partial charge in [-0.15, -0.1) is 0 Å². The van der Waals surface area contributed by atoms with Crippen LogP contribution in [0.25, 0.3) is 0 Å². The number of nitrogens with zero attached hydrogens (tertiary/aromatic N) is 1. The number of hydrogen-bond acceptors (Lipinski definition) is 4. The topological polar surface area (TPSA) is 42.7 Å². The molecule has 5 heteroatoms. The molecule has 0 radical (unpaired) electrons. The zero-order valence-electron chi connectivity index (χ0n) is 10.8. The lowest BCUT2D eigenvalue weighted by atomic mass is 10.1. The summed E-state index contributed by atoms with van der Waals surface area (Å²) < 4.78 is 11.0. The van der Waals surface area contributed by atoms with E-state index >= 15 is 0 Å². The lowest BCUT2D eigenvalue weighted by Gasteiger charge is -2.34. The molecule has 0 N–H and O–H groups in total. The molecule has 0 aliphatic carbocycles. The van der Waals surface area contributed by atoms with E-state index in [0.717, 1.165) is 17.9 Å². The second-order valence-electron chi connectivity index (χ2n) is 4.33. The highest BCUT2D eigenvalue weighted by atomic mass is 32.2. The Morgan fingerprint density at radius 2 is 2.39 bits per heavy atom. The van der Waals surface area contributed by atoms with E-state index in [1.54, 1.807) is 17.8 Å². The van der Waals surface area contributed by atoms with E-state index in [0.29, 0.717) is 25.5 Å². The van der Waals surface area contributed by atoms with Crippen molar-refractivity contribution in [3.8, 4) is 0 Å². The number of furan rings is 1. The molecule has 2 rings (SSSR count). The highest BCUT2D eigenvalue weighted by molar-refractivity contribution is 7.97. The minimum absolute atomic E-state index is 0.0162. The van der Waals surface area contributed by atoms with Crippen molar-refractivity contribution in [1.82, 2.24) is 4.90 Å². The zero-order chi connectivity index (χ0) is 13.0. The number of ether oxygens (including phenoxy) is 1. The van der Waals surface area contributed by atoms with Gasteiger partial charge in [-0.25, -0.2) is 0 Å². The Morgan fingerprint density at radius 1 is 1.56 bits per heavy atom. The second-order valence-corrected chi connectivity index (χ2v) is 5.20. The van der Waals surface area contributed by atoms with E-state index in [9.17, 15) is 4.79 Å². The molecule has 0 spiro atoms. The molecule has 1 aliphatic heterocycles. The van der Waals surface area contributed by atoms with Crippen molar-refractivity contribution >= 4 is 17.7 Å². The number of hydrogen-bond donors (Lipinski definition) is 0. The van der Waals surface area contributed by atoms with Gasteiger partial charge < -0.3 is 14.1 Å². The molecule has 18 heavy (non-hydrogen) atoms. The molecule has 100 valence electrons. The van der Waals surface area contributed by atoms with E-state index in [1.807, 2.05) is 17.2 Å². The first-order chi connectivity index (χ1) is 8.76. The molecule has 1 aromatic rings. The van der Waals surface area contributed by atoms with Crippen molar-refractivity contribution in [2.24, 2.45) is 0 Å². The monoisotopic (exact) mass is 269 g/mol. The highest BCUT2D eigenvalue weighted by Crippen LogP contribution is 2.18. The van der Waals surface area contributed by atoms with Gasteiger partial charge in [0.1, 0.15) is 5.76 Å². The molecule has 0 aromatic carbocycles. The summed E-state index contributed by atoms with van der Waals surface area (Å²) in [5.41, 5.74) is 0. The summed E-state index contributed by atoms with van der Waals surface area (Å²) >= 11 is 1.68. The average molecular weight is 269 g/mol. The van der Waals surface area contributed by atoms with Gasteiger partial charge in [-0.3, -0.25) is 4.79 Å². The van der Waals surface area contributed by atoms with Crippen molar-refractivity contribution in [3.63, 3.8) is 0 Å². The molecular weight excluding hydrogens is 250 g/mol. The summed E-state index contributed by atoms with van der Waals surface area (Å²) in [7, 11) is 0. The van der Waals surface area contributed by atoms with Crippen LogP contribution in [-0.2, 0) is 10.5 Å². The highest BCUT2D eigenvalue weighted by Gasteiger charge is 2.28. The molecular formula is C13H19NO3S. The molecule has 1 aromatic heterocycles. The fraction of sp³-hybridized carbons (Fsp3) is 0.615. The standard InChI is InChI=1S/C13H19NO3S/c1-3-10-8-16-7-6-14(10)13(15)12-5-4-11(17-12)9-18-2/h4-5,10H,3,6-9H2,1-2H3. The van der Waals surface area contributed by atoms with Gasteiger partial charge in [-0.05, 0) is 24.8 Å². The Balaban J connectivity index is 2.08. The van der Waals surface area contributed by atoms with E-state index in [4.69, 9.17) is 9.15 Å². The largest absolute Gasteiger partial charge is 0.455 e. The van der Waals surface area contributed by atoms with E-state index in [-0.39, 0.29) is 11.9 Å². The number of amides is 1. The average Bonchev–Trinajstić information content (AvgIpc) is 2.87. The van der Waals surface area contributed by atoms with Crippen LogP contribution < -0.4 is 0 Å². The Bertz CT molecular complexity index is 405. The molecule has 2 heterocycles. The maximum Gasteiger partial charge on any atom is 0.289 e. The van der Waals surface area contributed by atoms with E-state index < -0.39 is 0 Å². The normalized spacial score (nSPS) is 20.1. The van der Waals surface area contributed by atoms with Crippen molar-refractivity contribution in [3.05, 3.63) is 23.7 Å². The minimum atomic E-state index is -0.0162. The summed E-state index contributed by atoms with van der Waals surface area (Å²) in [6.07, 6.45) is 2.92. The number of carbonyl (C=O) groups excluding carboxylic acids is 1. The van der Waals surface area contributed by atoms with Gasteiger partial charge in [0.05, 0.1) is 25.0 Å². The fourth-order valence-electron chi connectivity index (χ4n) is 2.11. The Labute approximate surface area is 112 Å². The third-order valence-corrected chi connectivity index (χ3v) is 3.69. The maximum atomic E-state index is 12.4. The van der Waals surface area contributed by atoms with E-state index in [1.165, 1.54) is 0 Å². The molecule has 1 saturated heterocycles. The van der Waals surface area contributed by atoms with Gasteiger partial charge in [0.2, 0.25) is 0 Å². The lowest BCUT2D eigenvalue weighted by Crippen LogP contribution is -2.48. The lowest BCUT2D eigenvalue weighted by molar-refractivity contribution is -0.00439. The first-order valence-corrected chi connectivity index (χ1v) is 7.62. The van der Waals surface area contributed by atoms with Crippen LogP contribution in [-0.4, -0.2) is 42.9 Å². The van der Waals surface area contributed by atoms with Crippen LogP contribution >= 0.6 is 11.8 Å². The van der Waals surface area contributed by atoms with Crippen molar-refractivity contribution in [1.29, 1.82) is 0 Å². The predicted molar refractivity (Wildman–Crippen MR) is 71.9 cm³/mol. The third kappa shape index (κ3) is 2.90. The van der Waals surface area contributed by atoms with Crippen LogP contribution in [0.3, 0.4) is 0 Å². The zero-order valence-corrected chi connectivity index (χ0v) is 11.7. The molecule has 4 nitrogen and oxygen atoms in total. The summed E-state index contributed by atoms with van der Waals surface area (Å²) in [6.45, 7) is 3.96. The van der Waals surface area contributed by atoms with Crippen LogP contribution in [0.2, 0.25) is 0 Å². The minimum Gasteiger partial charge on any atom is -0.455 e. The van der Waals surface area contributed by atoms with E-state index in [2.05, 4.69) is 6.92 Å². The first kappa shape index (κ1) is 13.5. The summed E-state index contributed by atoms with van der Waals surface area (Å²) in [4.78, 5) is 14.2. The van der Waals surface area contributed by atoms with Gasteiger partial charge in [0.15, 0.2) is 5.76 Å². The Hall–Kier alpha value is -0.940. The Morgan fingerprint density at radius 3 is 3.11 bits per heavy atom. The predicted octanol–water partition coefficient (Wildman–Crippen LogP) is 2.39. The van der Waals surface area contributed by atoms with Crippen LogP contribution in [0, 0.1) is 0 Å². The molecule has 0 bridgehead atoms. The maximum absolute atomic E-state index is 12.4. The van der Waals surface area contributed by atoms with Gasteiger partial charge in [-0.1, -0.05) is 6.92 Å². The first-order valence-electron chi connectivity index (χ1n) is 6.22. The van der Waals surface area contributed by atoms with Gasteiger partial charge in [0.25, 0.3) is 5.91 Å². The number of thioether (sulfide) groups is 1. The van der Waals surface area contributed by atoms with Gasteiger partial charge in [0, 0.05) is 6.54 Å². The molecule has 1 unspecified atom stereocenters. The van der Waals surface area contributed by atoms with Crippen LogP contribution in [0.1, 0.15) is 29.7 Å². The van der Waals surface area contributed by atoms with Crippen LogP contribution in [0.5, 0.6) is 0 Å². The number of rotatable bonds is 4. The van der Waals surface area contributed by atoms with Crippen LogP contribution in [0.4, 0.5) is 0 Å². The number of morpholine rings is 1. The molecule has 1 aliphatic rings. The second kappa shape index (κ2) is 6.29. The SMILES string of the molecule is CCC1COCCN1C(=O)c1ccc(CSC)o1. The summed E-state index contributed by atoms with van der Waals surface area (Å²) in [5.74, 6) is 2.08. The van der Waals surface area contributed by atoms with Crippen molar-refractivity contribution < 1.29 is 13.9 Å². The Kier molecular flexibility index (Phi) is 4.72. The van der Waals surface area contributed by atoms with Gasteiger partial charge >= 0.3 is 0 Å². The summed E-state index contributed by atoms with van der Waals surface area (Å²) in [6, 6.07) is 3.82. The van der Waals surface area contributed by atoms with Crippen LogP contribution in [0.15, 0.2) is 16.5 Å². The molecule has 1 fully saturated rings. The molecule has 1 amide bonds. The quantitative estimate of drug-likeness (QED) is 0.841. The third-order valence-electron chi connectivity index (χ3n) is 3.12. The summed E-state index contributed by atoms with van der Waals surface area (Å²) in [5, 5.41) is 0. The molecule has 0 saturated carbocycles. The fourth-order valence-corrected chi connectivity index (χ4v) is 2.55. The number of carbonyl (C=O) groups is 1. The van der Waals surface area contributed by atoms with Crippen molar-refractivity contribution in [2.75, 3.05) is 26.0 Å². The van der Waals surface area contributed by atoms with Crippen molar-refractivity contribution in [2.45, 2.75) is 25.1 Å². The smallest absolute Gasteiger partial charge is 0.289 e. The molecule has 1 atom stereocenters. The van der Waals surface area contributed by atoms with Gasteiger partial charge in [-0.2, -0.15) is 11.8 Å².